The van der Waals surface area contributed by atoms with Gasteiger partial charge in [-0.1, -0.05) is 0 Å². The molecule has 10 nitrogen and oxygen atoms in total. The summed E-state index contributed by atoms with van der Waals surface area (Å²) in [5, 5.41) is 11.5. The van der Waals surface area contributed by atoms with Crippen molar-refractivity contribution in [3.8, 4) is 23.0 Å². The van der Waals surface area contributed by atoms with Crippen molar-refractivity contribution in [1.29, 1.82) is 0 Å². The molecule has 0 bridgehead atoms. The van der Waals surface area contributed by atoms with Gasteiger partial charge >= 0.3 is 6.61 Å². The SMILES string of the molecule is COc1cc(C(=O)N2CCC(C(=O)c3ccc4c(c3)OCCO4)CC2)c([N+](=O)[O-])cc1OC(F)F. The number of benzene rings is 2. The van der Waals surface area contributed by atoms with Crippen molar-refractivity contribution >= 4 is 17.4 Å². The van der Waals surface area contributed by atoms with Crippen LogP contribution in [0.1, 0.15) is 33.6 Å². The number of carbonyl (C=O) groups is 2. The summed E-state index contributed by atoms with van der Waals surface area (Å²) in [6.07, 6.45) is 0.715. The first kappa shape index (κ1) is 24.2. The number of fused-ring (bicyclic) bond motifs is 1. The van der Waals surface area contributed by atoms with Gasteiger partial charge in [-0.3, -0.25) is 19.7 Å². The second-order valence-corrected chi connectivity index (χ2v) is 7.94. The Morgan fingerprint density at radius 3 is 2.40 bits per heavy atom. The molecule has 2 aromatic carbocycles. The van der Waals surface area contributed by atoms with E-state index in [1.165, 1.54) is 12.0 Å². The van der Waals surface area contributed by atoms with Gasteiger partial charge in [0.2, 0.25) is 0 Å². The van der Waals surface area contributed by atoms with Gasteiger partial charge < -0.3 is 23.8 Å². The number of alkyl halides is 2. The Balaban J connectivity index is 1.48. The monoisotopic (exact) mass is 492 g/mol. The Hall–Kier alpha value is -3.96. The van der Waals surface area contributed by atoms with Crippen molar-refractivity contribution in [2.24, 2.45) is 5.92 Å². The third-order valence-corrected chi connectivity index (χ3v) is 5.90. The van der Waals surface area contributed by atoms with E-state index in [9.17, 15) is 28.5 Å². The van der Waals surface area contributed by atoms with Crippen LogP contribution in [0.3, 0.4) is 0 Å². The maximum absolute atomic E-state index is 13.1. The van der Waals surface area contributed by atoms with Gasteiger partial charge in [0.05, 0.1) is 18.1 Å². The van der Waals surface area contributed by atoms with Gasteiger partial charge in [-0.05, 0) is 31.0 Å². The molecule has 1 amide bonds. The number of methoxy groups -OCH3 is 1. The number of nitro benzene ring substituents is 1. The zero-order valence-corrected chi connectivity index (χ0v) is 18.7. The van der Waals surface area contributed by atoms with Crippen LogP contribution in [0.4, 0.5) is 14.5 Å². The normalized spacial score (nSPS) is 15.6. The zero-order chi connectivity index (χ0) is 25.1. The highest BCUT2D eigenvalue weighted by atomic mass is 19.3. The second kappa shape index (κ2) is 10.1. The van der Waals surface area contributed by atoms with E-state index in [1.807, 2.05) is 0 Å². The summed E-state index contributed by atoms with van der Waals surface area (Å²) in [4.78, 5) is 38.2. The summed E-state index contributed by atoms with van der Waals surface area (Å²) in [7, 11) is 1.17. The first-order valence-corrected chi connectivity index (χ1v) is 10.8. The fraction of sp³-hybridized carbons (Fsp3) is 0.391. The van der Waals surface area contributed by atoms with Crippen molar-refractivity contribution in [1.82, 2.24) is 4.90 Å². The molecule has 0 aliphatic carbocycles. The van der Waals surface area contributed by atoms with Crippen molar-refractivity contribution < 1.29 is 42.2 Å². The lowest BCUT2D eigenvalue weighted by Gasteiger charge is -2.31. The average Bonchev–Trinajstić information content (AvgIpc) is 2.87. The molecule has 12 heteroatoms. The van der Waals surface area contributed by atoms with Gasteiger partial charge in [0.1, 0.15) is 18.8 Å². The van der Waals surface area contributed by atoms with Crippen molar-refractivity contribution in [2.75, 3.05) is 33.4 Å². The number of piperidine rings is 1. The molecule has 0 aromatic heterocycles. The minimum atomic E-state index is -3.23. The first-order valence-electron chi connectivity index (χ1n) is 10.8. The van der Waals surface area contributed by atoms with Crippen LogP contribution in [0, 0.1) is 16.0 Å². The van der Waals surface area contributed by atoms with E-state index in [-0.39, 0.29) is 36.1 Å². The highest BCUT2D eigenvalue weighted by Crippen LogP contribution is 2.37. The zero-order valence-electron chi connectivity index (χ0n) is 18.7. The summed E-state index contributed by atoms with van der Waals surface area (Å²) < 4.78 is 45.6. The van der Waals surface area contributed by atoms with Crippen LogP contribution in [-0.4, -0.2) is 61.5 Å². The minimum absolute atomic E-state index is 0.0878. The molecule has 2 heterocycles. The summed E-state index contributed by atoms with van der Waals surface area (Å²) in [6, 6.07) is 6.77. The van der Waals surface area contributed by atoms with E-state index >= 15 is 0 Å². The van der Waals surface area contributed by atoms with Crippen LogP contribution < -0.4 is 18.9 Å². The van der Waals surface area contributed by atoms with Gasteiger partial charge in [-0.2, -0.15) is 8.78 Å². The highest BCUT2D eigenvalue weighted by molar-refractivity contribution is 6.00. The summed E-state index contributed by atoms with van der Waals surface area (Å²) in [5.74, 6) is -0.783. The topological polar surface area (TPSA) is 117 Å². The van der Waals surface area contributed by atoms with Gasteiger partial charge in [0.15, 0.2) is 28.8 Å². The number of nitro groups is 1. The van der Waals surface area contributed by atoms with Crippen molar-refractivity contribution in [3.63, 3.8) is 0 Å². The molecule has 4 rings (SSSR count). The number of amides is 1. The van der Waals surface area contributed by atoms with Crippen molar-refractivity contribution in [2.45, 2.75) is 19.5 Å². The van der Waals surface area contributed by atoms with Gasteiger partial charge in [-0.15, -0.1) is 0 Å². The number of ether oxygens (including phenoxy) is 4. The Kier molecular flexibility index (Phi) is 6.99. The molecular formula is C23H22F2N2O8. The molecule has 186 valence electrons. The Morgan fingerprint density at radius 1 is 1.09 bits per heavy atom. The lowest BCUT2D eigenvalue weighted by atomic mass is 9.88. The summed E-state index contributed by atoms with van der Waals surface area (Å²) in [5.41, 5.74) is -0.514. The lowest BCUT2D eigenvalue weighted by molar-refractivity contribution is -0.385. The smallest absolute Gasteiger partial charge is 0.387 e. The summed E-state index contributed by atoms with van der Waals surface area (Å²) >= 11 is 0. The standard InChI is InChI=1S/C23H22F2N2O8/c1-32-18-11-15(16(27(30)31)12-20(18)35-23(24)25)22(29)26-6-4-13(5-7-26)21(28)14-2-3-17-19(10-14)34-9-8-33-17/h2-3,10-13,23H,4-9H2,1H3. The number of ketones is 1. The average molecular weight is 492 g/mol. The Labute approximate surface area is 198 Å². The maximum atomic E-state index is 13.1. The third-order valence-electron chi connectivity index (χ3n) is 5.90. The van der Waals surface area contributed by atoms with Crippen molar-refractivity contribution in [3.05, 3.63) is 51.6 Å². The van der Waals surface area contributed by atoms with Crippen LogP contribution >= 0.6 is 0 Å². The number of hydrogen-bond acceptors (Lipinski definition) is 8. The van der Waals surface area contributed by atoms with Crippen LogP contribution in [0.15, 0.2) is 30.3 Å². The van der Waals surface area contributed by atoms with E-state index in [0.29, 0.717) is 43.1 Å². The number of carbonyl (C=O) groups excluding carboxylic acids is 2. The predicted molar refractivity (Wildman–Crippen MR) is 117 cm³/mol. The fourth-order valence-corrected chi connectivity index (χ4v) is 4.17. The molecule has 2 aliphatic heterocycles. The lowest BCUT2D eigenvalue weighted by Crippen LogP contribution is -2.40. The van der Waals surface area contributed by atoms with E-state index in [4.69, 9.17) is 14.2 Å². The van der Waals surface area contributed by atoms with E-state index in [0.717, 1.165) is 12.1 Å². The summed E-state index contributed by atoms with van der Waals surface area (Å²) in [6.45, 7) is -2.00. The number of hydrogen-bond donors (Lipinski definition) is 0. The molecule has 0 atom stereocenters. The minimum Gasteiger partial charge on any atom is -0.493 e. The number of halogens is 2. The number of likely N-dealkylation sites (tertiary alicyclic amines) is 1. The van der Waals surface area contributed by atoms with Gasteiger partial charge in [0.25, 0.3) is 11.6 Å². The molecule has 0 unspecified atom stereocenters. The molecular weight excluding hydrogens is 470 g/mol. The van der Waals surface area contributed by atoms with Gasteiger partial charge in [-0.25, -0.2) is 0 Å². The number of Topliss-reactive ketones (excluding diaryl/α,β-unsaturated/α-hetero) is 1. The quantitative estimate of drug-likeness (QED) is 0.326. The van der Waals surface area contributed by atoms with Crippen LogP contribution in [0.25, 0.3) is 0 Å². The molecule has 0 saturated carbocycles. The van der Waals surface area contributed by atoms with Crippen LogP contribution in [0.2, 0.25) is 0 Å². The molecule has 0 radical (unpaired) electrons. The third kappa shape index (κ3) is 5.10. The first-order chi connectivity index (χ1) is 16.8. The molecule has 35 heavy (non-hydrogen) atoms. The Morgan fingerprint density at radius 2 is 1.77 bits per heavy atom. The Bertz CT molecular complexity index is 1150. The fourth-order valence-electron chi connectivity index (χ4n) is 4.17. The van der Waals surface area contributed by atoms with E-state index in [1.54, 1.807) is 18.2 Å². The van der Waals surface area contributed by atoms with E-state index in [2.05, 4.69) is 4.74 Å². The van der Waals surface area contributed by atoms with Crippen LogP contribution in [-0.2, 0) is 0 Å². The molecule has 1 fully saturated rings. The highest BCUT2D eigenvalue weighted by Gasteiger charge is 2.33. The van der Waals surface area contributed by atoms with Gasteiger partial charge in [0, 0.05) is 30.6 Å². The molecule has 0 N–H and O–H groups in total. The number of rotatable bonds is 7. The molecule has 2 aliphatic rings. The van der Waals surface area contributed by atoms with E-state index < -0.39 is 28.9 Å². The molecule has 0 spiro atoms. The number of nitrogens with zero attached hydrogens (tertiary/aromatic N) is 2. The molecule has 1 saturated heterocycles. The molecule has 2 aromatic rings. The maximum Gasteiger partial charge on any atom is 0.387 e. The largest absolute Gasteiger partial charge is 0.493 e. The van der Waals surface area contributed by atoms with Crippen LogP contribution in [0.5, 0.6) is 23.0 Å². The second-order valence-electron chi connectivity index (χ2n) is 7.94. The predicted octanol–water partition coefficient (Wildman–Crippen LogP) is 3.71.